The first-order valence-electron chi connectivity index (χ1n) is 12.4. The monoisotopic (exact) mass is 495 g/mol. The zero-order chi connectivity index (χ0) is 25.8. The predicted molar refractivity (Wildman–Crippen MR) is 142 cm³/mol. The van der Waals surface area contributed by atoms with Gasteiger partial charge in [0.15, 0.2) is 0 Å². The fraction of sp³-hybridized carbons (Fsp3) is 0.286. The lowest BCUT2D eigenvalue weighted by atomic mass is 9.99. The van der Waals surface area contributed by atoms with E-state index in [1.165, 1.54) is 0 Å². The summed E-state index contributed by atoms with van der Waals surface area (Å²) >= 11 is 0. The topological polar surface area (TPSA) is 99.3 Å². The zero-order valence-electron chi connectivity index (χ0n) is 21.0. The van der Waals surface area contributed by atoms with E-state index in [1.807, 2.05) is 74.5 Å². The summed E-state index contributed by atoms with van der Waals surface area (Å²) in [5.74, 6) is 1.43. The van der Waals surface area contributed by atoms with Gasteiger partial charge < -0.3 is 19.9 Å². The van der Waals surface area contributed by atoms with Crippen LogP contribution >= 0.6 is 0 Å². The van der Waals surface area contributed by atoms with Gasteiger partial charge >= 0.3 is 6.03 Å². The second kappa shape index (κ2) is 10.6. The third-order valence-corrected chi connectivity index (χ3v) is 6.56. The molecular formula is C28H29N7O2. The number of fused-ring (bicyclic) bond motifs is 1. The fourth-order valence-electron chi connectivity index (χ4n) is 4.69. The van der Waals surface area contributed by atoms with Crippen molar-refractivity contribution in [1.29, 1.82) is 5.26 Å². The molecule has 1 saturated heterocycles. The van der Waals surface area contributed by atoms with Gasteiger partial charge in [0.05, 0.1) is 12.7 Å². The molecule has 9 nitrogen and oxygen atoms in total. The second-order valence-electron chi connectivity index (χ2n) is 8.88. The van der Waals surface area contributed by atoms with Crippen molar-refractivity contribution in [1.82, 2.24) is 25.0 Å². The van der Waals surface area contributed by atoms with Gasteiger partial charge in [0.2, 0.25) is 0 Å². The normalized spacial score (nSPS) is 14.3. The number of hydrogen-bond donors (Lipinski definition) is 1. The molecule has 0 spiro atoms. The number of rotatable bonds is 6. The number of carbonyl (C=O) groups excluding carboxylic acids is 1. The first kappa shape index (κ1) is 24.1. The zero-order valence-corrected chi connectivity index (χ0v) is 21.0. The van der Waals surface area contributed by atoms with E-state index in [0.717, 1.165) is 33.5 Å². The van der Waals surface area contributed by atoms with Crippen LogP contribution in [0.5, 0.6) is 5.75 Å². The van der Waals surface area contributed by atoms with Crippen molar-refractivity contribution in [2.75, 3.05) is 37.7 Å². The molecule has 1 aliphatic rings. The molecule has 0 aliphatic carbocycles. The van der Waals surface area contributed by atoms with Gasteiger partial charge in [-0.2, -0.15) is 10.4 Å². The predicted octanol–water partition coefficient (Wildman–Crippen LogP) is 4.22. The fourth-order valence-corrected chi connectivity index (χ4v) is 4.69. The molecule has 2 heterocycles. The lowest BCUT2D eigenvalue weighted by Gasteiger charge is -2.36. The summed E-state index contributed by atoms with van der Waals surface area (Å²) in [6, 6.07) is 21.0. The van der Waals surface area contributed by atoms with Gasteiger partial charge in [-0.15, -0.1) is 0 Å². The molecule has 1 N–H and O–H groups in total. The Labute approximate surface area is 215 Å². The average Bonchev–Trinajstić information content (AvgIpc) is 3.37. The molecule has 0 saturated carbocycles. The standard InChI is InChI=1S/C28H29N7O2/c1-3-37-27-17-22(11-12-26(27)35-19-30-20(2)32-35)33-13-15-34(16-14-33)28(36)31-25(18-29)24-10-6-8-21-7-4-5-9-23(21)24/h4-12,17,19,25H,3,13-16H2,1-2H3,(H,31,36). The number of aromatic nitrogens is 3. The van der Waals surface area contributed by atoms with Crippen molar-refractivity contribution in [2.24, 2.45) is 0 Å². The van der Waals surface area contributed by atoms with E-state index in [-0.39, 0.29) is 6.03 Å². The van der Waals surface area contributed by atoms with Crippen LogP contribution in [0.4, 0.5) is 10.5 Å². The number of carbonyl (C=O) groups is 1. The third kappa shape index (κ3) is 5.05. The van der Waals surface area contributed by atoms with Gasteiger partial charge in [0, 0.05) is 37.9 Å². The van der Waals surface area contributed by atoms with E-state index < -0.39 is 6.04 Å². The molecule has 1 atom stereocenters. The summed E-state index contributed by atoms with van der Waals surface area (Å²) in [4.78, 5) is 21.3. The molecule has 0 radical (unpaired) electrons. The molecule has 1 fully saturated rings. The number of piperazine rings is 1. The summed E-state index contributed by atoms with van der Waals surface area (Å²) in [5.41, 5.74) is 2.66. The van der Waals surface area contributed by atoms with Gasteiger partial charge in [-0.1, -0.05) is 42.5 Å². The number of amides is 2. The van der Waals surface area contributed by atoms with E-state index in [2.05, 4.69) is 26.4 Å². The second-order valence-corrected chi connectivity index (χ2v) is 8.88. The Morgan fingerprint density at radius 2 is 1.89 bits per heavy atom. The molecule has 1 aliphatic heterocycles. The summed E-state index contributed by atoms with van der Waals surface area (Å²) < 4.78 is 7.62. The highest BCUT2D eigenvalue weighted by molar-refractivity contribution is 5.87. The highest BCUT2D eigenvalue weighted by Gasteiger charge is 2.25. The Kier molecular flexibility index (Phi) is 6.90. The number of anilines is 1. The van der Waals surface area contributed by atoms with Crippen LogP contribution in [-0.4, -0.2) is 58.5 Å². The van der Waals surface area contributed by atoms with Crippen LogP contribution in [0, 0.1) is 18.3 Å². The molecular weight excluding hydrogens is 466 g/mol. The molecule has 2 amide bonds. The van der Waals surface area contributed by atoms with Crippen LogP contribution < -0.4 is 15.0 Å². The SMILES string of the molecule is CCOc1cc(N2CCN(C(=O)NC(C#N)c3cccc4ccccc34)CC2)ccc1-n1cnc(C)n1. The van der Waals surface area contributed by atoms with Crippen LogP contribution in [0.25, 0.3) is 16.5 Å². The maximum atomic E-state index is 13.1. The largest absolute Gasteiger partial charge is 0.492 e. The van der Waals surface area contributed by atoms with E-state index >= 15 is 0 Å². The molecule has 9 heteroatoms. The number of nitriles is 1. The average molecular weight is 496 g/mol. The van der Waals surface area contributed by atoms with Gasteiger partial charge in [0.1, 0.15) is 29.6 Å². The van der Waals surface area contributed by atoms with Crippen molar-refractivity contribution in [2.45, 2.75) is 19.9 Å². The lowest BCUT2D eigenvalue weighted by molar-refractivity contribution is 0.192. The Morgan fingerprint density at radius 1 is 1.11 bits per heavy atom. The van der Waals surface area contributed by atoms with Crippen molar-refractivity contribution < 1.29 is 9.53 Å². The molecule has 1 unspecified atom stereocenters. The van der Waals surface area contributed by atoms with Gasteiger partial charge in [-0.3, -0.25) is 0 Å². The van der Waals surface area contributed by atoms with Gasteiger partial charge in [-0.05, 0) is 42.3 Å². The van der Waals surface area contributed by atoms with Crippen LogP contribution in [0.2, 0.25) is 0 Å². The smallest absolute Gasteiger partial charge is 0.318 e. The van der Waals surface area contributed by atoms with Crippen molar-refractivity contribution in [3.63, 3.8) is 0 Å². The molecule has 3 aromatic carbocycles. The molecule has 0 bridgehead atoms. The Balaban J connectivity index is 1.25. The number of aryl methyl sites for hydroxylation is 1. The molecule has 1 aromatic heterocycles. The number of nitrogens with zero attached hydrogens (tertiary/aromatic N) is 6. The summed E-state index contributed by atoms with van der Waals surface area (Å²) in [6.07, 6.45) is 1.68. The maximum Gasteiger partial charge on any atom is 0.318 e. The summed E-state index contributed by atoms with van der Waals surface area (Å²) in [6.45, 7) is 6.78. The highest BCUT2D eigenvalue weighted by atomic mass is 16.5. The minimum atomic E-state index is -0.724. The van der Waals surface area contributed by atoms with Crippen molar-refractivity contribution in [3.8, 4) is 17.5 Å². The molecule has 5 rings (SSSR count). The van der Waals surface area contributed by atoms with Crippen LogP contribution in [0.3, 0.4) is 0 Å². The molecule has 4 aromatic rings. The minimum absolute atomic E-state index is 0.231. The third-order valence-electron chi connectivity index (χ3n) is 6.56. The molecule has 37 heavy (non-hydrogen) atoms. The Morgan fingerprint density at radius 3 is 2.62 bits per heavy atom. The van der Waals surface area contributed by atoms with Crippen LogP contribution in [0.15, 0.2) is 67.0 Å². The molecule has 188 valence electrons. The van der Waals surface area contributed by atoms with Crippen LogP contribution in [-0.2, 0) is 0 Å². The lowest BCUT2D eigenvalue weighted by Crippen LogP contribution is -2.52. The number of benzene rings is 3. The number of ether oxygens (including phenoxy) is 1. The first-order chi connectivity index (χ1) is 18.1. The van der Waals surface area contributed by atoms with Crippen LogP contribution in [0.1, 0.15) is 24.4 Å². The van der Waals surface area contributed by atoms with E-state index in [0.29, 0.717) is 38.6 Å². The van der Waals surface area contributed by atoms with E-state index in [9.17, 15) is 10.1 Å². The van der Waals surface area contributed by atoms with E-state index in [4.69, 9.17) is 4.74 Å². The maximum absolute atomic E-state index is 13.1. The number of nitrogens with one attached hydrogen (secondary N) is 1. The number of hydrogen-bond acceptors (Lipinski definition) is 6. The van der Waals surface area contributed by atoms with Crippen molar-refractivity contribution >= 4 is 22.5 Å². The van der Waals surface area contributed by atoms with Gasteiger partial charge in [0.25, 0.3) is 0 Å². The summed E-state index contributed by atoms with van der Waals surface area (Å²) in [7, 11) is 0. The van der Waals surface area contributed by atoms with E-state index in [1.54, 1.807) is 15.9 Å². The highest BCUT2D eigenvalue weighted by Crippen LogP contribution is 2.29. The first-order valence-corrected chi connectivity index (χ1v) is 12.4. The Hall–Kier alpha value is -4.58. The Bertz CT molecular complexity index is 1450. The minimum Gasteiger partial charge on any atom is -0.492 e. The quantitative estimate of drug-likeness (QED) is 0.430. The summed E-state index contributed by atoms with van der Waals surface area (Å²) in [5, 5.41) is 19.2. The number of urea groups is 1. The van der Waals surface area contributed by atoms with Crippen molar-refractivity contribution in [3.05, 3.63) is 78.4 Å². The van der Waals surface area contributed by atoms with Gasteiger partial charge in [-0.25, -0.2) is 14.5 Å².